The normalized spacial score (nSPS) is 31.1. The Morgan fingerprint density at radius 1 is 1.31 bits per heavy atom. The fourth-order valence-electron chi connectivity index (χ4n) is 2.05. The number of carboxylic acid groups (broad SMARTS) is 1. The SMILES string of the molecule is CC1CCC(C(=O)NC(C(=O)O)C2CC2)O1. The van der Waals surface area contributed by atoms with Crippen LogP contribution < -0.4 is 5.32 Å². The van der Waals surface area contributed by atoms with Gasteiger partial charge in [0.25, 0.3) is 0 Å². The van der Waals surface area contributed by atoms with E-state index in [-0.39, 0.29) is 17.9 Å². The summed E-state index contributed by atoms with van der Waals surface area (Å²) < 4.78 is 5.40. The highest BCUT2D eigenvalue weighted by atomic mass is 16.5. The molecular formula is C11H17NO4. The number of amides is 1. The molecule has 2 N–H and O–H groups in total. The van der Waals surface area contributed by atoms with Gasteiger partial charge in [-0.15, -0.1) is 0 Å². The molecule has 0 aromatic carbocycles. The molecule has 1 aliphatic carbocycles. The molecule has 0 bridgehead atoms. The van der Waals surface area contributed by atoms with Crippen LogP contribution in [0.25, 0.3) is 0 Å². The highest BCUT2D eigenvalue weighted by Crippen LogP contribution is 2.33. The van der Waals surface area contributed by atoms with Gasteiger partial charge in [-0.05, 0) is 38.5 Å². The van der Waals surface area contributed by atoms with E-state index < -0.39 is 18.1 Å². The Kier molecular flexibility index (Phi) is 3.14. The second kappa shape index (κ2) is 4.41. The second-order valence-corrected chi connectivity index (χ2v) is 4.67. The molecule has 2 rings (SSSR count). The molecule has 90 valence electrons. The van der Waals surface area contributed by atoms with E-state index in [9.17, 15) is 9.59 Å². The topological polar surface area (TPSA) is 75.6 Å². The van der Waals surface area contributed by atoms with Crippen molar-refractivity contribution < 1.29 is 19.4 Å². The molecule has 1 saturated carbocycles. The number of ether oxygens (including phenoxy) is 1. The average molecular weight is 227 g/mol. The number of carboxylic acids is 1. The predicted octanol–water partition coefficient (Wildman–Crippen LogP) is 0.533. The summed E-state index contributed by atoms with van der Waals surface area (Å²) in [6.07, 6.45) is 2.96. The van der Waals surface area contributed by atoms with E-state index in [1.807, 2.05) is 6.92 Å². The lowest BCUT2D eigenvalue weighted by Gasteiger charge is -2.17. The van der Waals surface area contributed by atoms with Crippen molar-refractivity contribution in [3.8, 4) is 0 Å². The third-order valence-electron chi connectivity index (χ3n) is 3.18. The van der Waals surface area contributed by atoms with Crippen LogP contribution in [0.2, 0.25) is 0 Å². The molecule has 5 heteroatoms. The summed E-state index contributed by atoms with van der Waals surface area (Å²) in [5, 5.41) is 11.5. The molecule has 1 saturated heterocycles. The third-order valence-corrected chi connectivity index (χ3v) is 3.18. The number of nitrogens with one attached hydrogen (secondary N) is 1. The highest BCUT2D eigenvalue weighted by molar-refractivity contribution is 5.86. The van der Waals surface area contributed by atoms with Crippen LogP contribution in [0.5, 0.6) is 0 Å². The Morgan fingerprint density at radius 2 is 2.00 bits per heavy atom. The van der Waals surface area contributed by atoms with E-state index in [1.165, 1.54) is 0 Å². The van der Waals surface area contributed by atoms with Gasteiger partial charge in [0.1, 0.15) is 12.1 Å². The van der Waals surface area contributed by atoms with Gasteiger partial charge in [-0.1, -0.05) is 0 Å². The minimum absolute atomic E-state index is 0.0972. The lowest BCUT2D eigenvalue weighted by atomic mass is 10.1. The van der Waals surface area contributed by atoms with Gasteiger partial charge in [-0.25, -0.2) is 4.79 Å². The van der Waals surface area contributed by atoms with Crippen molar-refractivity contribution in [2.24, 2.45) is 5.92 Å². The largest absolute Gasteiger partial charge is 0.480 e. The molecule has 0 spiro atoms. The van der Waals surface area contributed by atoms with Crippen LogP contribution in [0.1, 0.15) is 32.6 Å². The smallest absolute Gasteiger partial charge is 0.326 e. The van der Waals surface area contributed by atoms with Crippen LogP contribution in [0.4, 0.5) is 0 Å². The fourth-order valence-corrected chi connectivity index (χ4v) is 2.05. The Labute approximate surface area is 94.2 Å². The van der Waals surface area contributed by atoms with Crippen LogP contribution in [-0.4, -0.2) is 35.2 Å². The number of hydrogen-bond acceptors (Lipinski definition) is 3. The van der Waals surface area contributed by atoms with Gasteiger partial charge >= 0.3 is 5.97 Å². The quantitative estimate of drug-likeness (QED) is 0.734. The molecule has 2 fully saturated rings. The van der Waals surface area contributed by atoms with E-state index in [0.717, 1.165) is 19.3 Å². The van der Waals surface area contributed by atoms with Crippen LogP contribution >= 0.6 is 0 Å². The van der Waals surface area contributed by atoms with Crippen LogP contribution in [0, 0.1) is 5.92 Å². The predicted molar refractivity (Wildman–Crippen MR) is 55.9 cm³/mol. The maximum Gasteiger partial charge on any atom is 0.326 e. The molecule has 0 radical (unpaired) electrons. The van der Waals surface area contributed by atoms with Crippen LogP contribution in [0.15, 0.2) is 0 Å². The van der Waals surface area contributed by atoms with Crippen molar-refractivity contribution in [1.29, 1.82) is 0 Å². The monoisotopic (exact) mass is 227 g/mol. The first kappa shape index (κ1) is 11.4. The molecule has 5 nitrogen and oxygen atoms in total. The number of rotatable bonds is 4. The summed E-state index contributed by atoms with van der Waals surface area (Å²) >= 11 is 0. The third kappa shape index (κ3) is 2.52. The van der Waals surface area contributed by atoms with E-state index in [1.54, 1.807) is 0 Å². The number of carbonyl (C=O) groups is 2. The van der Waals surface area contributed by atoms with E-state index in [0.29, 0.717) is 6.42 Å². The van der Waals surface area contributed by atoms with Crippen LogP contribution in [-0.2, 0) is 14.3 Å². The summed E-state index contributed by atoms with van der Waals surface area (Å²) in [6, 6.07) is -0.730. The zero-order valence-corrected chi connectivity index (χ0v) is 9.31. The lowest BCUT2D eigenvalue weighted by molar-refractivity contribution is -0.144. The summed E-state index contributed by atoms with van der Waals surface area (Å²) in [5.74, 6) is -1.11. The minimum atomic E-state index is -0.943. The second-order valence-electron chi connectivity index (χ2n) is 4.67. The average Bonchev–Trinajstić information content (AvgIpc) is 2.96. The zero-order chi connectivity index (χ0) is 11.7. The van der Waals surface area contributed by atoms with Gasteiger partial charge in [-0.2, -0.15) is 0 Å². The molecule has 16 heavy (non-hydrogen) atoms. The van der Waals surface area contributed by atoms with Crippen molar-refractivity contribution in [2.45, 2.75) is 50.9 Å². The first-order chi connectivity index (χ1) is 7.58. The Balaban J connectivity index is 1.87. The number of hydrogen-bond donors (Lipinski definition) is 2. The van der Waals surface area contributed by atoms with Crippen molar-refractivity contribution >= 4 is 11.9 Å². The van der Waals surface area contributed by atoms with E-state index >= 15 is 0 Å². The summed E-state index contributed by atoms with van der Waals surface area (Å²) in [6.45, 7) is 1.92. The Morgan fingerprint density at radius 3 is 2.44 bits per heavy atom. The van der Waals surface area contributed by atoms with Gasteiger partial charge < -0.3 is 15.2 Å². The number of aliphatic carboxylic acids is 1. The molecular weight excluding hydrogens is 210 g/mol. The molecule has 3 unspecified atom stereocenters. The van der Waals surface area contributed by atoms with Gasteiger partial charge in [-0.3, -0.25) is 4.79 Å². The van der Waals surface area contributed by atoms with E-state index in [2.05, 4.69) is 5.32 Å². The fraction of sp³-hybridized carbons (Fsp3) is 0.818. The first-order valence-corrected chi connectivity index (χ1v) is 5.76. The van der Waals surface area contributed by atoms with Crippen molar-refractivity contribution in [1.82, 2.24) is 5.32 Å². The van der Waals surface area contributed by atoms with E-state index in [4.69, 9.17) is 9.84 Å². The van der Waals surface area contributed by atoms with Crippen molar-refractivity contribution in [3.63, 3.8) is 0 Å². The van der Waals surface area contributed by atoms with Gasteiger partial charge in [0.15, 0.2) is 0 Å². The lowest BCUT2D eigenvalue weighted by Crippen LogP contribution is -2.46. The maximum atomic E-state index is 11.7. The summed E-state index contributed by atoms with van der Waals surface area (Å²) in [7, 11) is 0. The maximum absolute atomic E-state index is 11.7. The zero-order valence-electron chi connectivity index (χ0n) is 9.31. The van der Waals surface area contributed by atoms with Gasteiger partial charge in [0.05, 0.1) is 6.10 Å². The van der Waals surface area contributed by atoms with Crippen molar-refractivity contribution in [2.75, 3.05) is 0 Å². The molecule has 1 aliphatic heterocycles. The molecule has 1 heterocycles. The highest BCUT2D eigenvalue weighted by Gasteiger charge is 2.39. The summed E-state index contributed by atoms with van der Waals surface area (Å²) in [5.41, 5.74) is 0. The molecule has 0 aromatic heterocycles. The summed E-state index contributed by atoms with van der Waals surface area (Å²) in [4.78, 5) is 22.7. The standard InChI is InChI=1S/C11H17NO4/c1-6-2-5-8(16-6)10(13)12-9(11(14)15)7-3-4-7/h6-9H,2-5H2,1H3,(H,12,13)(H,14,15). The Hall–Kier alpha value is -1.10. The minimum Gasteiger partial charge on any atom is -0.480 e. The Bertz CT molecular complexity index is 300. The number of carbonyl (C=O) groups excluding carboxylic acids is 1. The van der Waals surface area contributed by atoms with Crippen molar-refractivity contribution in [3.05, 3.63) is 0 Å². The first-order valence-electron chi connectivity index (χ1n) is 5.76. The molecule has 0 aromatic rings. The molecule has 3 atom stereocenters. The van der Waals surface area contributed by atoms with Gasteiger partial charge in [0, 0.05) is 0 Å². The van der Waals surface area contributed by atoms with Gasteiger partial charge in [0.2, 0.25) is 5.91 Å². The van der Waals surface area contributed by atoms with Crippen LogP contribution in [0.3, 0.4) is 0 Å². The molecule has 2 aliphatic rings. The molecule has 1 amide bonds.